The lowest BCUT2D eigenvalue weighted by Crippen LogP contribution is -2.35. The lowest BCUT2D eigenvalue weighted by molar-refractivity contribution is 0.0710. The summed E-state index contributed by atoms with van der Waals surface area (Å²) in [6.07, 6.45) is 0. The van der Waals surface area contributed by atoms with Crippen LogP contribution in [0.1, 0.15) is 27.5 Å². The van der Waals surface area contributed by atoms with Crippen molar-refractivity contribution in [2.24, 2.45) is 11.8 Å². The third-order valence-electron chi connectivity index (χ3n) is 5.72. The van der Waals surface area contributed by atoms with E-state index in [4.69, 9.17) is 16.3 Å². The fraction of sp³-hybridized carbons (Fsp3) is 0.381. The van der Waals surface area contributed by atoms with Gasteiger partial charge >= 0.3 is 0 Å². The van der Waals surface area contributed by atoms with E-state index in [0.717, 1.165) is 19.6 Å². The van der Waals surface area contributed by atoms with Crippen molar-refractivity contribution in [3.8, 4) is 5.75 Å². The minimum atomic E-state index is -0.00740. The van der Waals surface area contributed by atoms with E-state index in [-0.39, 0.29) is 11.9 Å². The van der Waals surface area contributed by atoms with Gasteiger partial charge in [0.25, 0.3) is 5.91 Å². The number of rotatable bonds is 3. The highest BCUT2D eigenvalue weighted by atomic mass is 35.5. The summed E-state index contributed by atoms with van der Waals surface area (Å²) in [5, 5.41) is 4.03. The zero-order chi connectivity index (χ0) is 18.3. The molecule has 26 heavy (non-hydrogen) atoms. The number of carbonyl (C=O) groups is 1. The molecule has 4 rings (SSSR count). The monoisotopic (exact) mass is 370 g/mol. The number of methoxy groups -OCH3 is 1. The second kappa shape index (κ2) is 6.93. The first-order valence-electron chi connectivity index (χ1n) is 9.01. The zero-order valence-corrected chi connectivity index (χ0v) is 15.8. The van der Waals surface area contributed by atoms with Crippen molar-refractivity contribution >= 4 is 17.5 Å². The van der Waals surface area contributed by atoms with Crippen LogP contribution in [0.25, 0.3) is 0 Å². The molecular weight excluding hydrogens is 348 g/mol. The van der Waals surface area contributed by atoms with Crippen LogP contribution in [-0.4, -0.2) is 37.6 Å². The van der Waals surface area contributed by atoms with Crippen LogP contribution in [0.4, 0.5) is 0 Å². The molecule has 4 nitrogen and oxygen atoms in total. The molecule has 5 heteroatoms. The fourth-order valence-corrected chi connectivity index (χ4v) is 4.62. The molecule has 2 saturated heterocycles. The van der Waals surface area contributed by atoms with Crippen LogP contribution in [0.5, 0.6) is 5.75 Å². The van der Waals surface area contributed by atoms with E-state index >= 15 is 0 Å². The Morgan fingerprint density at radius 1 is 1.23 bits per heavy atom. The van der Waals surface area contributed by atoms with Gasteiger partial charge < -0.3 is 15.0 Å². The van der Waals surface area contributed by atoms with Crippen molar-refractivity contribution in [1.29, 1.82) is 0 Å². The highest BCUT2D eigenvalue weighted by molar-refractivity contribution is 6.31. The molecule has 2 fully saturated rings. The number of nitrogens with one attached hydrogen (secondary N) is 1. The average Bonchev–Trinajstić information content (AvgIpc) is 3.23. The standard InChI is InChI=1S/C21H23ClN2O2/c1-13-5-3-4-6-16(13)20-18-11-23-10-14(18)12-24(20)21(25)17-9-15(22)7-8-19(17)26-2/h3-9,14,18,20,23H,10-12H2,1-2H3/t14-,18-,20-/m0/s1. The smallest absolute Gasteiger partial charge is 0.258 e. The molecule has 2 aromatic carbocycles. The molecule has 0 spiro atoms. The Labute approximate surface area is 159 Å². The van der Waals surface area contributed by atoms with Gasteiger partial charge in [-0.25, -0.2) is 0 Å². The van der Waals surface area contributed by atoms with Crippen LogP contribution in [-0.2, 0) is 0 Å². The van der Waals surface area contributed by atoms with Gasteiger partial charge in [0.05, 0.1) is 18.7 Å². The van der Waals surface area contributed by atoms with Gasteiger partial charge in [0, 0.05) is 30.6 Å². The van der Waals surface area contributed by atoms with Crippen LogP contribution in [0, 0.1) is 18.8 Å². The van der Waals surface area contributed by atoms with E-state index in [0.29, 0.717) is 28.2 Å². The number of benzene rings is 2. The average molecular weight is 371 g/mol. The topological polar surface area (TPSA) is 41.6 Å². The van der Waals surface area contributed by atoms with Crippen LogP contribution in [0.2, 0.25) is 5.02 Å². The van der Waals surface area contributed by atoms with Crippen LogP contribution < -0.4 is 10.1 Å². The number of nitrogens with zero attached hydrogens (tertiary/aromatic N) is 1. The van der Waals surface area contributed by atoms with Gasteiger partial charge in [-0.15, -0.1) is 0 Å². The van der Waals surface area contributed by atoms with Crippen molar-refractivity contribution in [1.82, 2.24) is 10.2 Å². The third-order valence-corrected chi connectivity index (χ3v) is 5.96. The number of carbonyl (C=O) groups excluding carboxylic acids is 1. The summed E-state index contributed by atoms with van der Waals surface area (Å²) in [6.45, 7) is 4.78. The molecule has 2 aliphatic rings. The summed E-state index contributed by atoms with van der Waals surface area (Å²) >= 11 is 6.16. The van der Waals surface area contributed by atoms with E-state index in [1.165, 1.54) is 11.1 Å². The first-order chi connectivity index (χ1) is 12.6. The van der Waals surface area contributed by atoms with Gasteiger partial charge in [-0.3, -0.25) is 4.79 Å². The Balaban J connectivity index is 1.76. The summed E-state index contributed by atoms with van der Waals surface area (Å²) < 4.78 is 5.42. The fourth-order valence-electron chi connectivity index (χ4n) is 4.45. The number of amides is 1. The normalized spacial score (nSPS) is 24.6. The minimum Gasteiger partial charge on any atom is -0.496 e. The Bertz CT molecular complexity index is 839. The number of fused-ring (bicyclic) bond motifs is 1. The minimum absolute atomic E-state index is 0.00740. The number of hydrogen-bond acceptors (Lipinski definition) is 3. The summed E-state index contributed by atoms with van der Waals surface area (Å²) in [4.78, 5) is 15.5. The first-order valence-corrected chi connectivity index (χ1v) is 9.38. The van der Waals surface area contributed by atoms with E-state index in [9.17, 15) is 4.79 Å². The molecule has 0 bridgehead atoms. The van der Waals surface area contributed by atoms with Crippen molar-refractivity contribution < 1.29 is 9.53 Å². The predicted molar refractivity (Wildman–Crippen MR) is 103 cm³/mol. The highest BCUT2D eigenvalue weighted by Gasteiger charge is 2.47. The van der Waals surface area contributed by atoms with E-state index in [1.807, 2.05) is 11.0 Å². The van der Waals surface area contributed by atoms with Gasteiger partial charge in [0.15, 0.2) is 0 Å². The molecular formula is C21H23ClN2O2. The molecule has 136 valence electrons. The molecule has 0 aliphatic carbocycles. The van der Waals surface area contributed by atoms with Crippen molar-refractivity contribution in [3.05, 3.63) is 64.2 Å². The van der Waals surface area contributed by atoms with Gasteiger partial charge in [0.2, 0.25) is 0 Å². The lowest BCUT2D eigenvalue weighted by atomic mass is 9.87. The molecule has 0 radical (unpaired) electrons. The molecule has 2 heterocycles. The number of aryl methyl sites for hydroxylation is 1. The summed E-state index contributed by atoms with van der Waals surface area (Å²) in [7, 11) is 1.58. The van der Waals surface area contributed by atoms with Crippen molar-refractivity contribution in [3.63, 3.8) is 0 Å². The van der Waals surface area contributed by atoms with E-state index in [2.05, 4.69) is 30.4 Å². The van der Waals surface area contributed by atoms with E-state index in [1.54, 1.807) is 25.3 Å². The van der Waals surface area contributed by atoms with Crippen LogP contribution in [0.15, 0.2) is 42.5 Å². The van der Waals surface area contributed by atoms with Gasteiger partial charge in [-0.2, -0.15) is 0 Å². The van der Waals surface area contributed by atoms with Gasteiger partial charge in [-0.1, -0.05) is 35.9 Å². The first kappa shape index (κ1) is 17.4. The Morgan fingerprint density at radius 2 is 2.04 bits per heavy atom. The maximum Gasteiger partial charge on any atom is 0.258 e. The Kier molecular flexibility index (Phi) is 4.63. The second-order valence-corrected chi connectivity index (χ2v) is 7.62. The SMILES string of the molecule is COc1ccc(Cl)cc1C(=O)N1C[C@@H]2CNC[C@@H]2[C@@H]1c1ccccc1C. The maximum absolute atomic E-state index is 13.5. The molecule has 0 saturated carbocycles. The van der Waals surface area contributed by atoms with Crippen molar-refractivity contribution in [2.45, 2.75) is 13.0 Å². The van der Waals surface area contributed by atoms with Crippen molar-refractivity contribution in [2.75, 3.05) is 26.7 Å². The molecule has 2 aromatic rings. The van der Waals surface area contributed by atoms with Crippen LogP contribution in [0.3, 0.4) is 0 Å². The second-order valence-electron chi connectivity index (χ2n) is 7.19. The summed E-state index contributed by atoms with van der Waals surface area (Å²) in [6, 6.07) is 13.7. The molecule has 1 N–H and O–H groups in total. The Morgan fingerprint density at radius 3 is 2.81 bits per heavy atom. The summed E-state index contributed by atoms with van der Waals surface area (Å²) in [5.41, 5.74) is 2.99. The molecule has 1 amide bonds. The molecule has 0 unspecified atom stereocenters. The number of halogens is 1. The predicted octanol–water partition coefficient (Wildman–Crippen LogP) is 3.69. The third kappa shape index (κ3) is 2.87. The van der Waals surface area contributed by atoms with Gasteiger partial charge in [0.1, 0.15) is 5.75 Å². The van der Waals surface area contributed by atoms with Gasteiger partial charge in [-0.05, 0) is 42.2 Å². The number of ether oxygens (including phenoxy) is 1. The lowest BCUT2D eigenvalue weighted by Gasteiger charge is -2.30. The number of hydrogen-bond donors (Lipinski definition) is 1. The van der Waals surface area contributed by atoms with E-state index < -0.39 is 0 Å². The Hall–Kier alpha value is -2.04. The van der Waals surface area contributed by atoms with Crippen LogP contribution >= 0.6 is 11.6 Å². The quantitative estimate of drug-likeness (QED) is 0.895. The molecule has 0 aromatic heterocycles. The zero-order valence-electron chi connectivity index (χ0n) is 15.0. The highest BCUT2D eigenvalue weighted by Crippen LogP contribution is 2.44. The molecule has 3 atom stereocenters. The largest absolute Gasteiger partial charge is 0.496 e. The maximum atomic E-state index is 13.5. The summed E-state index contributed by atoms with van der Waals surface area (Å²) in [5.74, 6) is 1.48. The molecule has 2 aliphatic heterocycles. The number of likely N-dealkylation sites (tertiary alicyclic amines) is 1.